The molecule has 1 amide bonds. The maximum absolute atomic E-state index is 12.9. The van der Waals surface area contributed by atoms with Crippen LogP contribution in [0.25, 0.3) is 16.3 Å². The maximum Gasteiger partial charge on any atom is 0.253 e. The van der Waals surface area contributed by atoms with Crippen LogP contribution in [-0.4, -0.2) is 18.0 Å². The molecule has 3 heterocycles. The molecule has 7 heteroatoms. The quantitative estimate of drug-likeness (QED) is 0.420. The van der Waals surface area contributed by atoms with Gasteiger partial charge >= 0.3 is 0 Å². The van der Waals surface area contributed by atoms with Gasteiger partial charge in [-0.3, -0.25) is 9.69 Å². The number of carbonyl (C=O) groups excluding carboxylic acids is 1. The highest BCUT2D eigenvalue weighted by atomic mass is 32.1. The number of thiophene rings is 1. The molecule has 0 unspecified atom stereocenters. The molecule has 27 heavy (non-hydrogen) atoms. The summed E-state index contributed by atoms with van der Waals surface area (Å²) in [6, 6.07) is 13.3. The second kappa shape index (κ2) is 7.77. The van der Waals surface area contributed by atoms with E-state index in [1.54, 1.807) is 41.8 Å². The number of furan rings is 1. The van der Waals surface area contributed by atoms with E-state index in [4.69, 9.17) is 9.15 Å². The molecule has 4 rings (SSSR count). The number of amides is 1. The molecule has 5 nitrogen and oxygen atoms in total. The molecule has 0 atom stereocenters. The van der Waals surface area contributed by atoms with Crippen LogP contribution in [0.2, 0.25) is 0 Å². The van der Waals surface area contributed by atoms with Crippen LogP contribution in [0.4, 0.5) is 5.13 Å². The summed E-state index contributed by atoms with van der Waals surface area (Å²) in [6.07, 6.45) is 4.98. The van der Waals surface area contributed by atoms with Gasteiger partial charge in [-0.05, 0) is 41.8 Å². The summed E-state index contributed by atoms with van der Waals surface area (Å²) >= 11 is 3.03. The van der Waals surface area contributed by atoms with Crippen LogP contribution >= 0.6 is 22.7 Å². The molecule has 1 aromatic carbocycles. The van der Waals surface area contributed by atoms with Gasteiger partial charge in [-0.2, -0.15) is 0 Å². The van der Waals surface area contributed by atoms with E-state index in [2.05, 4.69) is 4.98 Å². The Morgan fingerprint density at radius 1 is 1.26 bits per heavy atom. The van der Waals surface area contributed by atoms with Crippen molar-refractivity contribution in [3.05, 3.63) is 70.8 Å². The number of hydrogen-bond donors (Lipinski definition) is 0. The Kier molecular flexibility index (Phi) is 5.04. The van der Waals surface area contributed by atoms with Gasteiger partial charge in [0.2, 0.25) is 0 Å². The molecular formula is C20H16N2O3S2. The fourth-order valence-corrected chi connectivity index (χ4v) is 4.23. The standard InChI is InChI=1S/C20H16N2O3S2/c1-24-16-7-2-8-17-19(16)21-20(27-17)22(13-14-5-3-11-25-14)18(23)10-9-15-6-4-12-26-15/h2-12H,13H2,1H3/b10-9+. The summed E-state index contributed by atoms with van der Waals surface area (Å²) < 4.78 is 11.8. The van der Waals surface area contributed by atoms with Crippen LogP contribution in [0.15, 0.2) is 64.6 Å². The third-order valence-electron chi connectivity index (χ3n) is 3.91. The Hall–Kier alpha value is -2.90. The predicted octanol–water partition coefficient (Wildman–Crippen LogP) is 5.21. The van der Waals surface area contributed by atoms with Crippen molar-refractivity contribution in [1.82, 2.24) is 4.98 Å². The first-order valence-corrected chi connectivity index (χ1v) is 9.93. The van der Waals surface area contributed by atoms with Crippen molar-refractivity contribution < 1.29 is 13.9 Å². The van der Waals surface area contributed by atoms with E-state index in [0.29, 0.717) is 23.2 Å². The van der Waals surface area contributed by atoms with Gasteiger partial charge < -0.3 is 9.15 Å². The molecule has 0 saturated carbocycles. The van der Waals surface area contributed by atoms with E-state index in [1.165, 1.54) is 11.3 Å². The number of nitrogens with zero attached hydrogens (tertiary/aromatic N) is 2. The number of carbonyl (C=O) groups is 1. The highest BCUT2D eigenvalue weighted by molar-refractivity contribution is 7.22. The molecule has 0 radical (unpaired) electrons. The summed E-state index contributed by atoms with van der Waals surface area (Å²) in [7, 11) is 1.61. The highest BCUT2D eigenvalue weighted by Gasteiger charge is 2.20. The van der Waals surface area contributed by atoms with Gasteiger partial charge in [0.15, 0.2) is 5.13 Å². The van der Waals surface area contributed by atoms with Crippen LogP contribution in [-0.2, 0) is 11.3 Å². The van der Waals surface area contributed by atoms with Gasteiger partial charge in [-0.1, -0.05) is 23.5 Å². The largest absolute Gasteiger partial charge is 0.494 e. The van der Waals surface area contributed by atoms with Crippen LogP contribution in [0.5, 0.6) is 5.75 Å². The number of thiazole rings is 1. The van der Waals surface area contributed by atoms with Gasteiger partial charge in [-0.25, -0.2) is 4.98 Å². The third kappa shape index (κ3) is 3.79. The Bertz CT molecular complexity index is 1070. The number of methoxy groups -OCH3 is 1. The van der Waals surface area contributed by atoms with Crippen molar-refractivity contribution in [2.24, 2.45) is 0 Å². The zero-order valence-corrected chi connectivity index (χ0v) is 16.1. The molecule has 0 aliphatic rings. The molecule has 4 aromatic rings. The molecule has 0 fully saturated rings. The number of rotatable bonds is 6. The fraction of sp³-hybridized carbons (Fsp3) is 0.100. The normalized spacial score (nSPS) is 11.3. The number of para-hydroxylation sites is 1. The lowest BCUT2D eigenvalue weighted by atomic mass is 10.3. The van der Waals surface area contributed by atoms with Crippen molar-refractivity contribution in [1.29, 1.82) is 0 Å². The van der Waals surface area contributed by atoms with Crippen molar-refractivity contribution in [3.63, 3.8) is 0 Å². The first-order valence-electron chi connectivity index (χ1n) is 8.23. The zero-order chi connectivity index (χ0) is 18.6. The van der Waals surface area contributed by atoms with Gasteiger partial charge in [-0.15, -0.1) is 11.3 Å². The molecule has 0 bridgehead atoms. The van der Waals surface area contributed by atoms with E-state index in [1.807, 2.05) is 47.9 Å². The smallest absolute Gasteiger partial charge is 0.253 e. The highest BCUT2D eigenvalue weighted by Crippen LogP contribution is 2.34. The van der Waals surface area contributed by atoms with Crippen LogP contribution < -0.4 is 9.64 Å². The molecule has 0 saturated heterocycles. The summed E-state index contributed by atoms with van der Waals surface area (Å²) in [4.78, 5) is 20.2. The Morgan fingerprint density at radius 2 is 2.19 bits per heavy atom. The minimum atomic E-state index is -0.155. The van der Waals surface area contributed by atoms with E-state index in [0.717, 1.165) is 15.1 Å². The number of aromatic nitrogens is 1. The van der Waals surface area contributed by atoms with E-state index >= 15 is 0 Å². The lowest BCUT2D eigenvalue weighted by Gasteiger charge is -2.16. The lowest BCUT2D eigenvalue weighted by Crippen LogP contribution is -2.28. The molecule has 0 aliphatic carbocycles. The van der Waals surface area contributed by atoms with Gasteiger partial charge in [0.05, 0.1) is 24.6 Å². The van der Waals surface area contributed by atoms with Gasteiger partial charge in [0, 0.05) is 11.0 Å². The number of fused-ring (bicyclic) bond motifs is 1. The number of anilines is 1. The molecule has 0 aliphatic heterocycles. The maximum atomic E-state index is 12.9. The summed E-state index contributed by atoms with van der Waals surface area (Å²) in [5, 5.41) is 2.58. The molecule has 0 spiro atoms. The first kappa shape index (κ1) is 17.5. The fourth-order valence-electron chi connectivity index (χ4n) is 2.62. The van der Waals surface area contributed by atoms with Gasteiger partial charge in [0.1, 0.15) is 17.0 Å². The average Bonchev–Trinajstić information content (AvgIpc) is 3.45. The van der Waals surface area contributed by atoms with Crippen molar-refractivity contribution in [2.75, 3.05) is 12.0 Å². The SMILES string of the molecule is COc1cccc2sc(N(Cc3ccco3)C(=O)/C=C/c3cccs3)nc12. The zero-order valence-electron chi connectivity index (χ0n) is 14.5. The van der Waals surface area contributed by atoms with E-state index in [9.17, 15) is 4.79 Å². The topological polar surface area (TPSA) is 55.6 Å². The minimum Gasteiger partial charge on any atom is -0.494 e. The Balaban J connectivity index is 1.70. The average molecular weight is 396 g/mol. The minimum absolute atomic E-state index is 0.155. The monoisotopic (exact) mass is 396 g/mol. The summed E-state index contributed by atoms with van der Waals surface area (Å²) in [6.45, 7) is 0.308. The van der Waals surface area contributed by atoms with Crippen molar-refractivity contribution >= 4 is 50.0 Å². The van der Waals surface area contributed by atoms with Crippen molar-refractivity contribution in [2.45, 2.75) is 6.54 Å². The first-order chi connectivity index (χ1) is 13.2. The third-order valence-corrected chi connectivity index (χ3v) is 5.80. The second-order valence-corrected chi connectivity index (χ2v) is 7.64. The number of ether oxygens (including phenoxy) is 1. The Morgan fingerprint density at radius 3 is 2.93 bits per heavy atom. The molecule has 0 N–H and O–H groups in total. The number of hydrogen-bond acceptors (Lipinski definition) is 6. The van der Waals surface area contributed by atoms with Crippen LogP contribution in [0.3, 0.4) is 0 Å². The predicted molar refractivity (Wildman–Crippen MR) is 109 cm³/mol. The van der Waals surface area contributed by atoms with Crippen LogP contribution in [0.1, 0.15) is 10.6 Å². The molecular weight excluding hydrogens is 380 g/mol. The molecule has 136 valence electrons. The number of benzene rings is 1. The van der Waals surface area contributed by atoms with E-state index < -0.39 is 0 Å². The summed E-state index contributed by atoms with van der Waals surface area (Å²) in [5.41, 5.74) is 0.750. The molecule has 3 aromatic heterocycles. The lowest BCUT2D eigenvalue weighted by molar-refractivity contribution is -0.114. The summed E-state index contributed by atoms with van der Waals surface area (Å²) in [5.74, 6) is 1.23. The Labute approximate surface area is 164 Å². The van der Waals surface area contributed by atoms with E-state index in [-0.39, 0.29) is 5.91 Å². The van der Waals surface area contributed by atoms with Gasteiger partial charge in [0.25, 0.3) is 5.91 Å². The van der Waals surface area contributed by atoms with Crippen molar-refractivity contribution in [3.8, 4) is 5.75 Å². The van der Waals surface area contributed by atoms with Crippen LogP contribution in [0, 0.1) is 0 Å². The second-order valence-electron chi connectivity index (χ2n) is 5.66.